The van der Waals surface area contributed by atoms with E-state index in [2.05, 4.69) is 25.8 Å². The summed E-state index contributed by atoms with van der Waals surface area (Å²) in [4.78, 5) is 16.8. The molecule has 2 atom stereocenters. The average Bonchev–Trinajstić information content (AvgIpc) is 2.63. The van der Waals surface area contributed by atoms with Crippen LogP contribution in [0.25, 0.3) is 0 Å². The fourth-order valence-electron chi connectivity index (χ4n) is 3.47. The summed E-state index contributed by atoms with van der Waals surface area (Å²) < 4.78 is 40.3. The molecule has 0 spiro atoms. The number of ketones is 1. The Morgan fingerprint density at radius 1 is 1.23 bits per heavy atom. The summed E-state index contributed by atoms with van der Waals surface area (Å²) in [7, 11) is 0. The molecule has 0 fully saturated rings. The quantitative estimate of drug-likeness (QED) is 0.337. The molecule has 1 aliphatic rings. The van der Waals surface area contributed by atoms with E-state index in [9.17, 15) is 23.1 Å². The number of allylic oxidation sites excluding steroid dienone is 2. The molecule has 0 saturated heterocycles. The maximum atomic E-state index is 13.4. The fourth-order valence-corrected chi connectivity index (χ4v) is 3.95. The lowest BCUT2D eigenvalue weighted by atomic mass is 9.81. The highest BCUT2D eigenvalue weighted by Gasteiger charge is 2.39. The third kappa shape index (κ3) is 6.01. The molecule has 0 radical (unpaired) electrons. The van der Waals surface area contributed by atoms with E-state index in [4.69, 9.17) is 23.2 Å². The molecule has 0 amide bonds. The van der Waals surface area contributed by atoms with E-state index in [0.29, 0.717) is 18.4 Å². The van der Waals surface area contributed by atoms with Gasteiger partial charge in [-0.05, 0) is 42.4 Å². The Morgan fingerprint density at radius 3 is 2.47 bits per heavy atom. The highest BCUT2D eigenvalue weighted by atomic mass is 35.5. The first-order valence-corrected chi connectivity index (χ1v) is 10.7. The van der Waals surface area contributed by atoms with Gasteiger partial charge in [-0.2, -0.15) is 13.2 Å². The number of nitrogens with zero attached hydrogens (tertiary/aromatic N) is 1. The zero-order valence-electron chi connectivity index (χ0n) is 17.2. The summed E-state index contributed by atoms with van der Waals surface area (Å²) in [5, 5.41) is 10.1. The number of alkyl halides is 3. The Morgan fingerprint density at radius 2 is 1.90 bits per heavy atom. The van der Waals surface area contributed by atoms with E-state index in [-0.39, 0.29) is 39.8 Å². The number of carbonyl (C=O) groups excluding carboxylic acids is 1. The van der Waals surface area contributed by atoms with E-state index >= 15 is 0 Å². The second-order valence-corrected chi connectivity index (χ2v) is 8.89. The van der Waals surface area contributed by atoms with Gasteiger partial charge >= 0.3 is 6.18 Å². The molecular formula is C22H26Cl2F3NO2. The smallest absolute Gasteiger partial charge is 0.416 e. The third-order valence-corrected chi connectivity index (χ3v) is 6.45. The Kier molecular flexibility index (Phi) is 8.40. The van der Waals surface area contributed by atoms with E-state index in [1.54, 1.807) is 0 Å². The van der Waals surface area contributed by atoms with Crippen LogP contribution in [-0.4, -0.2) is 23.6 Å². The van der Waals surface area contributed by atoms with Crippen molar-refractivity contribution in [1.29, 1.82) is 0 Å². The van der Waals surface area contributed by atoms with Gasteiger partial charge in [-0.3, -0.25) is 9.79 Å². The van der Waals surface area contributed by atoms with Gasteiger partial charge < -0.3 is 5.11 Å². The van der Waals surface area contributed by atoms with Crippen molar-refractivity contribution < 1.29 is 23.1 Å². The van der Waals surface area contributed by atoms with Crippen molar-refractivity contribution >= 4 is 35.2 Å². The van der Waals surface area contributed by atoms with Crippen molar-refractivity contribution in [2.75, 3.05) is 6.54 Å². The van der Waals surface area contributed by atoms with Crippen molar-refractivity contribution in [3.8, 4) is 0 Å². The summed E-state index contributed by atoms with van der Waals surface area (Å²) in [6, 6.07) is 1.93. The van der Waals surface area contributed by atoms with Crippen molar-refractivity contribution in [3.05, 3.63) is 44.6 Å². The Hall–Kier alpha value is -1.53. The third-order valence-electron chi connectivity index (χ3n) is 5.63. The molecule has 2 unspecified atom stereocenters. The molecule has 1 N–H and O–H groups in total. The van der Waals surface area contributed by atoms with Gasteiger partial charge in [0.05, 0.1) is 21.2 Å². The first-order chi connectivity index (χ1) is 13.9. The summed E-state index contributed by atoms with van der Waals surface area (Å²) in [6.45, 7) is 7.00. The molecule has 8 heteroatoms. The number of Topliss-reactive ketones (excluding diaryl/α,β-unsaturated/α-hetero) is 1. The lowest BCUT2D eigenvalue weighted by molar-refractivity contribution is -0.138. The van der Waals surface area contributed by atoms with Crippen LogP contribution in [0.3, 0.4) is 0 Å². The standard InChI is InChI=1S/C22H26Cl2F3NO2/c1-12(2)13(3)5-4-8-28-11-15-18(29)9-14(10-19(15)30)20-16(22(25,26)27)6-7-17(23)21(20)24/h6-7,11-14,29H,4-5,8-10H2,1-3H3. The normalized spacial score (nSPS) is 19.2. The first kappa shape index (κ1) is 24.7. The average molecular weight is 464 g/mol. The maximum Gasteiger partial charge on any atom is 0.416 e. The molecule has 0 aromatic heterocycles. The van der Waals surface area contributed by atoms with Crippen LogP contribution >= 0.6 is 23.2 Å². The number of hydrogen-bond donors (Lipinski definition) is 1. The molecule has 3 nitrogen and oxygen atoms in total. The van der Waals surface area contributed by atoms with E-state index < -0.39 is 23.4 Å². The molecule has 0 saturated carbocycles. The predicted octanol–water partition coefficient (Wildman–Crippen LogP) is 7.41. The highest BCUT2D eigenvalue weighted by Crippen LogP contribution is 2.45. The van der Waals surface area contributed by atoms with Crippen LogP contribution in [0.1, 0.15) is 63.5 Å². The van der Waals surface area contributed by atoms with Gasteiger partial charge in [0.1, 0.15) is 5.76 Å². The number of carbonyl (C=O) groups is 1. The zero-order chi connectivity index (χ0) is 22.6. The monoisotopic (exact) mass is 463 g/mol. The molecule has 30 heavy (non-hydrogen) atoms. The van der Waals surface area contributed by atoms with Crippen LogP contribution in [0.5, 0.6) is 0 Å². The molecule has 2 rings (SSSR count). The van der Waals surface area contributed by atoms with Crippen molar-refractivity contribution in [2.45, 2.75) is 58.5 Å². The van der Waals surface area contributed by atoms with Crippen LogP contribution in [-0.2, 0) is 11.0 Å². The maximum absolute atomic E-state index is 13.4. The minimum atomic E-state index is -4.65. The first-order valence-electron chi connectivity index (χ1n) is 9.93. The molecule has 1 aromatic rings. The number of aliphatic hydroxyl groups is 1. The topological polar surface area (TPSA) is 49.7 Å². The lowest BCUT2D eigenvalue weighted by Gasteiger charge is -2.26. The number of hydrogen-bond acceptors (Lipinski definition) is 3. The summed E-state index contributed by atoms with van der Waals surface area (Å²) >= 11 is 12.0. The Bertz CT molecular complexity index is 848. The molecular weight excluding hydrogens is 438 g/mol. The summed E-state index contributed by atoms with van der Waals surface area (Å²) in [5.41, 5.74) is -1.15. The van der Waals surface area contributed by atoms with Gasteiger partial charge in [-0.1, -0.05) is 44.0 Å². The van der Waals surface area contributed by atoms with Crippen LogP contribution < -0.4 is 0 Å². The van der Waals surface area contributed by atoms with Gasteiger partial charge in [-0.15, -0.1) is 0 Å². The molecule has 166 valence electrons. The van der Waals surface area contributed by atoms with Gasteiger partial charge in [0.25, 0.3) is 0 Å². The number of halogens is 5. The van der Waals surface area contributed by atoms with Gasteiger partial charge in [0, 0.05) is 31.5 Å². The van der Waals surface area contributed by atoms with Crippen molar-refractivity contribution in [2.24, 2.45) is 16.8 Å². The van der Waals surface area contributed by atoms with Gasteiger partial charge in [-0.25, -0.2) is 0 Å². The predicted molar refractivity (Wildman–Crippen MR) is 115 cm³/mol. The molecule has 0 aliphatic heterocycles. The Labute approximate surface area is 185 Å². The van der Waals surface area contributed by atoms with E-state index in [0.717, 1.165) is 25.0 Å². The fraction of sp³-hybridized carbons (Fsp3) is 0.545. The second-order valence-electron chi connectivity index (χ2n) is 8.11. The number of benzene rings is 1. The number of aliphatic hydroxyl groups excluding tert-OH is 1. The van der Waals surface area contributed by atoms with Crippen molar-refractivity contribution in [1.82, 2.24) is 0 Å². The van der Waals surface area contributed by atoms with Crippen LogP contribution in [0.2, 0.25) is 10.0 Å². The minimum absolute atomic E-state index is 0.0291. The Balaban J connectivity index is 2.18. The lowest BCUT2D eigenvalue weighted by Crippen LogP contribution is -2.22. The number of rotatable bonds is 7. The zero-order valence-corrected chi connectivity index (χ0v) is 18.7. The molecule has 1 aliphatic carbocycles. The van der Waals surface area contributed by atoms with Crippen LogP contribution in [0.4, 0.5) is 13.2 Å². The number of aliphatic imine (C=N–C) groups is 1. The van der Waals surface area contributed by atoms with E-state index in [1.807, 2.05) is 0 Å². The molecule has 0 bridgehead atoms. The van der Waals surface area contributed by atoms with Crippen LogP contribution in [0, 0.1) is 11.8 Å². The van der Waals surface area contributed by atoms with Crippen LogP contribution in [0.15, 0.2) is 28.5 Å². The van der Waals surface area contributed by atoms with Gasteiger partial charge in [0.2, 0.25) is 0 Å². The SMILES string of the molecule is CC(C)C(C)CCCN=CC1=C(O)CC(c2c(C(F)(F)F)ccc(Cl)c2Cl)CC1=O. The second kappa shape index (κ2) is 10.2. The summed E-state index contributed by atoms with van der Waals surface area (Å²) in [6.07, 6.45) is -1.81. The molecule has 0 heterocycles. The van der Waals surface area contributed by atoms with Crippen molar-refractivity contribution in [3.63, 3.8) is 0 Å². The largest absolute Gasteiger partial charge is 0.511 e. The van der Waals surface area contributed by atoms with Gasteiger partial charge in [0.15, 0.2) is 5.78 Å². The highest BCUT2D eigenvalue weighted by molar-refractivity contribution is 6.42. The molecule has 1 aromatic carbocycles. The summed E-state index contributed by atoms with van der Waals surface area (Å²) in [5.74, 6) is -0.510. The van der Waals surface area contributed by atoms with E-state index in [1.165, 1.54) is 6.21 Å². The minimum Gasteiger partial charge on any atom is -0.511 e.